The average molecular weight is 159 g/mol. The second-order valence-electron chi connectivity index (χ2n) is 2.64. The van der Waals surface area contributed by atoms with E-state index >= 15 is 0 Å². The summed E-state index contributed by atoms with van der Waals surface area (Å²) >= 11 is 5.72. The van der Waals surface area contributed by atoms with Crippen LogP contribution in [0.3, 0.4) is 0 Å². The lowest BCUT2D eigenvalue weighted by molar-refractivity contribution is 0.0504. The van der Waals surface area contributed by atoms with Crippen molar-refractivity contribution in [2.75, 3.05) is 7.11 Å². The van der Waals surface area contributed by atoms with Crippen LogP contribution in [0.15, 0.2) is 23.3 Å². The molecular formula is C8H11ClO. The zero-order valence-electron chi connectivity index (χ0n) is 6.23. The summed E-state index contributed by atoms with van der Waals surface area (Å²) in [6.07, 6.45) is 6.67. The van der Waals surface area contributed by atoms with E-state index in [-0.39, 0.29) is 5.60 Å². The van der Waals surface area contributed by atoms with Gasteiger partial charge in [-0.15, -0.1) is 0 Å². The van der Waals surface area contributed by atoms with Crippen molar-refractivity contribution in [3.63, 3.8) is 0 Å². The van der Waals surface area contributed by atoms with Crippen LogP contribution in [0.25, 0.3) is 0 Å². The highest BCUT2D eigenvalue weighted by Crippen LogP contribution is 2.24. The minimum Gasteiger partial charge on any atom is -0.374 e. The first-order chi connectivity index (χ1) is 4.66. The monoisotopic (exact) mass is 158 g/mol. The highest BCUT2D eigenvalue weighted by Gasteiger charge is 2.20. The van der Waals surface area contributed by atoms with Gasteiger partial charge in [0.2, 0.25) is 0 Å². The smallest absolute Gasteiger partial charge is 0.0869 e. The average Bonchev–Trinajstić information content (AvgIpc) is 1.96. The van der Waals surface area contributed by atoms with E-state index in [1.165, 1.54) is 0 Å². The first kappa shape index (κ1) is 7.83. The van der Waals surface area contributed by atoms with Gasteiger partial charge in [-0.05, 0) is 19.4 Å². The maximum atomic E-state index is 5.72. The maximum absolute atomic E-state index is 5.72. The zero-order chi connectivity index (χ0) is 7.61. The van der Waals surface area contributed by atoms with Crippen molar-refractivity contribution >= 4 is 11.6 Å². The lowest BCUT2D eigenvalue weighted by Crippen LogP contribution is -2.24. The second-order valence-corrected chi connectivity index (χ2v) is 3.08. The highest BCUT2D eigenvalue weighted by atomic mass is 35.5. The van der Waals surface area contributed by atoms with Crippen molar-refractivity contribution in [2.24, 2.45) is 0 Å². The van der Waals surface area contributed by atoms with E-state index in [0.717, 1.165) is 11.5 Å². The Kier molecular flexibility index (Phi) is 2.17. The van der Waals surface area contributed by atoms with E-state index in [1.807, 2.05) is 25.2 Å². The summed E-state index contributed by atoms with van der Waals surface area (Å²) in [6.45, 7) is 2.03. The Morgan fingerprint density at radius 3 is 2.80 bits per heavy atom. The van der Waals surface area contributed by atoms with Gasteiger partial charge >= 0.3 is 0 Å². The van der Waals surface area contributed by atoms with Crippen molar-refractivity contribution in [2.45, 2.75) is 18.9 Å². The van der Waals surface area contributed by atoms with Crippen LogP contribution >= 0.6 is 11.6 Å². The van der Waals surface area contributed by atoms with Crippen LogP contribution in [0.4, 0.5) is 0 Å². The predicted molar refractivity (Wildman–Crippen MR) is 43.1 cm³/mol. The Hall–Kier alpha value is -0.270. The van der Waals surface area contributed by atoms with Crippen molar-refractivity contribution in [3.8, 4) is 0 Å². The van der Waals surface area contributed by atoms with Crippen LogP contribution in [0.5, 0.6) is 0 Å². The fourth-order valence-corrected chi connectivity index (χ4v) is 0.984. The molecule has 1 atom stereocenters. The third kappa shape index (κ3) is 1.61. The Morgan fingerprint density at radius 1 is 1.70 bits per heavy atom. The summed E-state index contributed by atoms with van der Waals surface area (Å²) in [5.74, 6) is 0. The highest BCUT2D eigenvalue weighted by molar-refractivity contribution is 6.31. The number of allylic oxidation sites excluding steroid dienone is 2. The van der Waals surface area contributed by atoms with E-state index in [0.29, 0.717) is 0 Å². The summed E-state index contributed by atoms with van der Waals surface area (Å²) < 4.78 is 5.24. The number of rotatable bonds is 1. The first-order valence-electron chi connectivity index (χ1n) is 3.26. The van der Waals surface area contributed by atoms with Crippen LogP contribution < -0.4 is 0 Å². The largest absolute Gasteiger partial charge is 0.374 e. The van der Waals surface area contributed by atoms with Crippen molar-refractivity contribution in [3.05, 3.63) is 23.3 Å². The van der Waals surface area contributed by atoms with Crippen LogP contribution in [0.1, 0.15) is 13.3 Å². The molecule has 1 aliphatic carbocycles. The summed E-state index contributed by atoms with van der Waals surface area (Å²) in [5.41, 5.74) is -0.140. The molecule has 0 amide bonds. The summed E-state index contributed by atoms with van der Waals surface area (Å²) in [7, 11) is 1.71. The summed E-state index contributed by atoms with van der Waals surface area (Å²) in [6, 6.07) is 0. The maximum Gasteiger partial charge on any atom is 0.0869 e. The SMILES string of the molecule is COC1(C)C=CC(Cl)=CC1. The van der Waals surface area contributed by atoms with Gasteiger partial charge in [0.15, 0.2) is 0 Å². The Bertz CT molecular complexity index is 184. The van der Waals surface area contributed by atoms with E-state index < -0.39 is 0 Å². The van der Waals surface area contributed by atoms with Crippen molar-refractivity contribution in [1.29, 1.82) is 0 Å². The van der Waals surface area contributed by atoms with Crippen LogP contribution in [0.2, 0.25) is 0 Å². The summed E-state index contributed by atoms with van der Waals surface area (Å²) in [4.78, 5) is 0. The van der Waals surface area contributed by atoms with E-state index in [2.05, 4.69) is 0 Å². The Labute approximate surface area is 66.3 Å². The molecule has 0 saturated heterocycles. The fraction of sp³-hybridized carbons (Fsp3) is 0.500. The van der Waals surface area contributed by atoms with Crippen LogP contribution in [-0.4, -0.2) is 12.7 Å². The number of hydrogen-bond donors (Lipinski definition) is 0. The molecule has 0 aliphatic heterocycles. The molecule has 0 radical (unpaired) electrons. The molecule has 0 aromatic carbocycles. The van der Waals surface area contributed by atoms with Gasteiger partial charge in [0.25, 0.3) is 0 Å². The molecule has 1 unspecified atom stereocenters. The molecule has 0 N–H and O–H groups in total. The van der Waals surface area contributed by atoms with E-state index in [4.69, 9.17) is 16.3 Å². The van der Waals surface area contributed by atoms with Gasteiger partial charge in [-0.3, -0.25) is 0 Å². The molecule has 1 nitrogen and oxygen atoms in total. The lowest BCUT2D eigenvalue weighted by Gasteiger charge is -2.24. The standard InChI is InChI=1S/C8H11ClO/c1-8(10-2)5-3-7(9)4-6-8/h3-5H,6H2,1-2H3. The molecule has 0 spiro atoms. The molecule has 2 heteroatoms. The molecule has 56 valence electrons. The first-order valence-corrected chi connectivity index (χ1v) is 3.64. The topological polar surface area (TPSA) is 9.23 Å². The van der Waals surface area contributed by atoms with Gasteiger partial charge in [-0.1, -0.05) is 23.8 Å². The fourth-order valence-electron chi connectivity index (χ4n) is 0.844. The minimum absolute atomic E-state index is 0.140. The molecule has 1 aliphatic rings. The normalized spacial score (nSPS) is 32.1. The van der Waals surface area contributed by atoms with Gasteiger partial charge in [0.1, 0.15) is 0 Å². The van der Waals surface area contributed by atoms with Gasteiger partial charge in [-0.25, -0.2) is 0 Å². The lowest BCUT2D eigenvalue weighted by atomic mass is 9.98. The number of methoxy groups -OCH3 is 1. The van der Waals surface area contributed by atoms with E-state index in [1.54, 1.807) is 7.11 Å². The molecule has 0 heterocycles. The Balaban J connectivity index is 2.67. The molecule has 0 bridgehead atoms. The molecule has 0 aromatic heterocycles. The van der Waals surface area contributed by atoms with Gasteiger partial charge in [-0.2, -0.15) is 0 Å². The summed E-state index contributed by atoms with van der Waals surface area (Å²) in [5, 5.41) is 0.800. The quantitative estimate of drug-likeness (QED) is 0.570. The number of ether oxygens (including phenoxy) is 1. The van der Waals surface area contributed by atoms with Crippen LogP contribution in [0, 0.1) is 0 Å². The van der Waals surface area contributed by atoms with E-state index in [9.17, 15) is 0 Å². The van der Waals surface area contributed by atoms with Crippen molar-refractivity contribution < 1.29 is 4.74 Å². The third-order valence-corrected chi connectivity index (χ3v) is 2.04. The molecule has 0 aromatic rings. The van der Waals surface area contributed by atoms with Crippen molar-refractivity contribution in [1.82, 2.24) is 0 Å². The number of halogens is 1. The van der Waals surface area contributed by atoms with Gasteiger partial charge in [0, 0.05) is 12.1 Å². The van der Waals surface area contributed by atoms with Crippen LogP contribution in [-0.2, 0) is 4.74 Å². The second kappa shape index (κ2) is 2.77. The Morgan fingerprint density at radius 2 is 2.40 bits per heavy atom. The van der Waals surface area contributed by atoms with Gasteiger partial charge in [0.05, 0.1) is 5.60 Å². The zero-order valence-corrected chi connectivity index (χ0v) is 6.98. The minimum atomic E-state index is -0.140. The molecule has 10 heavy (non-hydrogen) atoms. The molecule has 1 rings (SSSR count). The van der Waals surface area contributed by atoms with Gasteiger partial charge < -0.3 is 4.74 Å². The third-order valence-electron chi connectivity index (χ3n) is 1.76. The molecule has 0 fully saturated rings. The number of hydrogen-bond acceptors (Lipinski definition) is 1. The predicted octanol–water partition coefficient (Wildman–Crippen LogP) is 2.47. The molecule has 0 saturated carbocycles. The molecular weight excluding hydrogens is 148 g/mol.